The van der Waals surface area contributed by atoms with Crippen molar-refractivity contribution in [2.24, 2.45) is 11.8 Å². The molecule has 1 amide bonds. The van der Waals surface area contributed by atoms with E-state index in [1.165, 1.54) is 4.90 Å². The highest BCUT2D eigenvalue weighted by atomic mass is 16.6. The Bertz CT molecular complexity index is 1430. The van der Waals surface area contributed by atoms with Gasteiger partial charge in [0, 0.05) is 50.6 Å². The monoisotopic (exact) mass is 1050 g/mol. The van der Waals surface area contributed by atoms with Gasteiger partial charge in [0.15, 0.2) is 0 Å². The smallest absolute Gasteiger partial charge is 0.410 e. The maximum absolute atomic E-state index is 13.8. The molecule has 1 saturated heterocycles. The summed E-state index contributed by atoms with van der Waals surface area (Å²) in [4.78, 5) is 95.6. The predicted octanol–water partition coefficient (Wildman–Crippen LogP) is 11.7. The summed E-state index contributed by atoms with van der Waals surface area (Å²) in [7, 11) is 1.94. The molecule has 0 N–H and O–H groups in total. The van der Waals surface area contributed by atoms with E-state index in [4.69, 9.17) is 33.2 Å². The minimum atomic E-state index is -0.971. The van der Waals surface area contributed by atoms with Crippen LogP contribution in [0.1, 0.15) is 227 Å². The quantitative estimate of drug-likeness (QED) is 0.0242. The molecule has 0 aromatic heterocycles. The summed E-state index contributed by atoms with van der Waals surface area (Å²) in [5.74, 6) is -4.20. The lowest BCUT2D eigenvalue weighted by Gasteiger charge is -2.27. The Morgan fingerprint density at radius 1 is 0.419 bits per heavy atom. The van der Waals surface area contributed by atoms with Gasteiger partial charge >= 0.3 is 41.9 Å². The van der Waals surface area contributed by atoms with Crippen molar-refractivity contribution in [3.8, 4) is 0 Å². The van der Waals surface area contributed by atoms with Gasteiger partial charge in [-0.15, -0.1) is 0 Å². The first-order valence-corrected chi connectivity index (χ1v) is 29.2. The Morgan fingerprint density at radius 2 is 0.730 bits per heavy atom. The molecule has 1 unspecified atom stereocenters. The Kier molecular flexibility index (Phi) is 38.3. The van der Waals surface area contributed by atoms with Gasteiger partial charge in [0.1, 0.15) is 18.3 Å². The molecular formula is C58H100N2O14. The lowest BCUT2D eigenvalue weighted by atomic mass is 10.1. The summed E-state index contributed by atoms with van der Waals surface area (Å²) in [6.07, 6.45) is 25.7. The van der Waals surface area contributed by atoms with Crippen molar-refractivity contribution in [2.45, 2.75) is 245 Å². The molecule has 16 nitrogen and oxygen atoms in total. The Labute approximate surface area is 445 Å². The van der Waals surface area contributed by atoms with E-state index in [1.807, 2.05) is 7.05 Å². The molecule has 3 atom stereocenters. The van der Waals surface area contributed by atoms with Gasteiger partial charge in [0.25, 0.3) is 0 Å². The molecule has 1 fully saturated rings. The molecule has 0 radical (unpaired) electrons. The van der Waals surface area contributed by atoms with Crippen molar-refractivity contribution >= 4 is 41.9 Å². The van der Waals surface area contributed by atoms with Crippen LogP contribution in [0.15, 0.2) is 12.2 Å². The summed E-state index contributed by atoms with van der Waals surface area (Å²) in [6, 6.07) is 0. The molecule has 0 saturated carbocycles. The van der Waals surface area contributed by atoms with Crippen LogP contribution >= 0.6 is 0 Å². The van der Waals surface area contributed by atoms with E-state index in [1.54, 1.807) is 12.2 Å². The van der Waals surface area contributed by atoms with Crippen LogP contribution in [0.25, 0.3) is 0 Å². The Morgan fingerprint density at radius 3 is 1.03 bits per heavy atom. The van der Waals surface area contributed by atoms with Gasteiger partial charge in [-0.1, -0.05) is 156 Å². The lowest BCUT2D eigenvalue weighted by Crippen LogP contribution is -2.43. The van der Waals surface area contributed by atoms with Gasteiger partial charge in [-0.3, -0.25) is 28.8 Å². The van der Waals surface area contributed by atoms with E-state index in [9.17, 15) is 33.6 Å². The first-order chi connectivity index (χ1) is 35.8. The normalized spacial score (nSPS) is 16.7. The number of nitrogens with zero attached hydrogens (tertiary/aromatic N) is 2. The van der Waals surface area contributed by atoms with Crippen molar-refractivity contribution < 1.29 is 66.7 Å². The van der Waals surface area contributed by atoms with Gasteiger partial charge in [-0.25, -0.2) is 4.79 Å². The van der Waals surface area contributed by atoms with Crippen molar-refractivity contribution in [2.75, 3.05) is 59.7 Å². The van der Waals surface area contributed by atoms with Crippen LogP contribution in [0.4, 0.5) is 4.79 Å². The van der Waals surface area contributed by atoms with Gasteiger partial charge in [-0.05, 0) is 51.3 Å². The minimum Gasteiger partial charge on any atom is -0.465 e. The second kappa shape index (κ2) is 43.0. The summed E-state index contributed by atoms with van der Waals surface area (Å²) < 4.78 is 40.2. The number of likely N-dealkylation sites (tertiary alicyclic amines) is 1. The number of amides is 1. The van der Waals surface area contributed by atoms with Crippen LogP contribution in [0.5, 0.6) is 0 Å². The number of hydrogen-bond donors (Lipinski definition) is 0. The first kappa shape index (κ1) is 65.9. The molecule has 0 aromatic carbocycles. The molecule has 0 aromatic rings. The molecule has 74 heavy (non-hydrogen) atoms. The highest BCUT2D eigenvalue weighted by Gasteiger charge is 2.33. The van der Waals surface area contributed by atoms with E-state index in [0.29, 0.717) is 38.6 Å². The van der Waals surface area contributed by atoms with Gasteiger partial charge in [0.05, 0.1) is 52.4 Å². The Hall–Kier alpha value is -4.21. The van der Waals surface area contributed by atoms with Crippen LogP contribution in [-0.4, -0.2) is 130 Å². The summed E-state index contributed by atoms with van der Waals surface area (Å²) in [5.41, 5.74) is 0. The Balaban J connectivity index is 2.17. The van der Waals surface area contributed by atoms with Gasteiger partial charge in [-0.2, -0.15) is 0 Å². The second-order valence-corrected chi connectivity index (χ2v) is 20.8. The highest BCUT2D eigenvalue weighted by Crippen LogP contribution is 2.20. The zero-order chi connectivity index (χ0) is 54.0. The van der Waals surface area contributed by atoms with Crippen LogP contribution in [0.3, 0.4) is 0 Å². The molecular weight excluding hydrogens is 949 g/mol. The topological polar surface area (TPSA) is 191 Å². The maximum atomic E-state index is 13.8. The van der Waals surface area contributed by atoms with Crippen molar-refractivity contribution in [3.63, 3.8) is 0 Å². The lowest BCUT2D eigenvalue weighted by molar-refractivity contribution is -0.157. The SMILES string of the molecule is CCCCCCCCC(=O)OCC(COC(=O)CCCCCCCC)CC(=O)O[C@@H]1C=C[C@H](OC(=O)CC(COC(=O)CCCCCCCC)COC(=O)CCCCCCCC)CN(C(=O)OC2CCN(C)C2)C1. The third kappa shape index (κ3) is 34.4. The molecule has 16 heteroatoms. The average molecular weight is 1050 g/mol. The molecule has 0 spiro atoms. The third-order valence-corrected chi connectivity index (χ3v) is 13.5. The standard InChI is InChI=1S/C58H100N2O14/c1-6-10-14-18-22-26-30-52(61)68-43-47(44-69-53(62)31-27-23-19-15-11-7-2)38-56(65)72-49-34-35-50(42-60(41-49)58(67)74-51-36-37-59(5)40-51)73-57(66)39-48(45-70-54(63)32-28-24-20-16-12-8-3)46-71-55(64)33-29-25-21-17-13-9-4/h34-35,47-51H,6-33,36-46H2,1-5H3/t49-,50+,51?. The van der Waals surface area contributed by atoms with Crippen LogP contribution in [0, 0.1) is 11.8 Å². The average Bonchev–Trinajstić information content (AvgIpc) is 3.68. The number of carbonyl (C=O) groups is 7. The number of carbonyl (C=O) groups excluding carboxylic acids is 7. The third-order valence-electron chi connectivity index (χ3n) is 13.5. The number of likely N-dealkylation sites (N-methyl/N-ethyl adjacent to an activating group) is 1. The van der Waals surface area contributed by atoms with E-state index in [-0.39, 0.29) is 108 Å². The molecule has 2 heterocycles. The number of esters is 6. The van der Waals surface area contributed by atoms with Gasteiger partial charge < -0.3 is 43.0 Å². The largest absolute Gasteiger partial charge is 0.465 e. The second-order valence-electron chi connectivity index (χ2n) is 20.8. The van der Waals surface area contributed by atoms with Crippen molar-refractivity contribution in [1.82, 2.24) is 9.80 Å². The van der Waals surface area contributed by atoms with E-state index in [2.05, 4.69) is 32.6 Å². The van der Waals surface area contributed by atoms with E-state index in [0.717, 1.165) is 135 Å². The van der Waals surface area contributed by atoms with Crippen LogP contribution in [-0.2, 0) is 61.9 Å². The molecule has 2 aliphatic heterocycles. The first-order valence-electron chi connectivity index (χ1n) is 29.2. The summed E-state index contributed by atoms with van der Waals surface area (Å²) >= 11 is 0. The van der Waals surface area contributed by atoms with Crippen LogP contribution in [0.2, 0.25) is 0 Å². The fourth-order valence-electron chi connectivity index (χ4n) is 8.96. The predicted molar refractivity (Wildman–Crippen MR) is 285 cm³/mol. The van der Waals surface area contributed by atoms with E-state index >= 15 is 0 Å². The number of hydrogen-bond acceptors (Lipinski definition) is 15. The van der Waals surface area contributed by atoms with Gasteiger partial charge in [0.2, 0.25) is 0 Å². The maximum Gasteiger partial charge on any atom is 0.410 e. The minimum absolute atomic E-state index is 0.103. The number of unbranched alkanes of at least 4 members (excludes halogenated alkanes) is 20. The fraction of sp³-hybridized carbons (Fsp3) is 0.845. The zero-order valence-corrected chi connectivity index (χ0v) is 46.7. The molecule has 0 bridgehead atoms. The van der Waals surface area contributed by atoms with Crippen molar-refractivity contribution in [1.29, 1.82) is 0 Å². The molecule has 2 aliphatic rings. The fourth-order valence-corrected chi connectivity index (χ4v) is 8.96. The van der Waals surface area contributed by atoms with Crippen LogP contribution < -0.4 is 0 Å². The summed E-state index contributed by atoms with van der Waals surface area (Å²) in [6.45, 7) is 9.15. The molecule has 2 rings (SSSR count). The number of ether oxygens (including phenoxy) is 7. The van der Waals surface area contributed by atoms with Crippen molar-refractivity contribution in [3.05, 3.63) is 12.2 Å². The summed E-state index contributed by atoms with van der Waals surface area (Å²) in [5, 5.41) is 0. The molecule has 426 valence electrons. The van der Waals surface area contributed by atoms with E-state index < -0.39 is 42.1 Å². The highest BCUT2D eigenvalue weighted by molar-refractivity contribution is 5.73. The molecule has 0 aliphatic carbocycles. The number of rotatable bonds is 43. The zero-order valence-electron chi connectivity index (χ0n) is 46.7.